The summed E-state index contributed by atoms with van der Waals surface area (Å²) in [7, 11) is -0.331. The fourth-order valence-electron chi connectivity index (χ4n) is 9.76. The minimum absolute atomic E-state index is 0.00697. The minimum Gasteiger partial charge on any atom is -0.544 e. The molecule has 4 aromatic carbocycles. The first-order chi connectivity index (χ1) is 34.8. The second kappa shape index (κ2) is 21.1. The zero-order valence-electron chi connectivity index (χ0n) is 43.3. The van der Waals surface area contributed by atoms with Crippen LogP contribution in [-0.4, -0.2) is 107 Å². The van der Waals surface area contributed by atoms with E-state index in [1.165, 1.54) is 16.7 Å². The SMILES string of the molecule is Cc1c(C(=O)N(c2ccc(O[Si](C)(C)C(C)(C)C)cc2)c2cnn(C(F)F)c2)cc(-c2cc3c(cc2C(=O)N2Cc4ccccc4CC2C)CN(C(=O)Cc2ccc(OCCN4CCOCC4)cc2)CC3)n1C. The lowest BCUT2D eigenvalue weighted by Crippen LogP contribution is -2.43. The molecule has 9 rings (SSSR count). The predicted molar refractivity (Wildman–Crippen MR) is 281 cm³/mol. The highest BCUT2D eigenvalue weighted by molar-refractivity contribution is 6.74. The molecule has 384 valence electrons. The van der Waals surface area contributed by atoms with Crippen molar-refractivity contribution >= 4 is 37.4 Å². The van der Waals surface area contributed by atoms with E-state index in [0.717, 1.165) is 67.0 Å². The maximum Gasteiger partial charge on any atom is 0.333 e. The smallest absolute Gasteiger partial charge is 0.333 e. The number of aromatic nitrogens is 3. The quantitative estimate of drug-likeness (QED) is 0.0992. The zero-order chi connectivity index (χ0) is 51.8. The number of amides is 3. The molecule has 0 spiro atoms. The Labute approximate surface area is 428 Å². The molecule has 0 saturated carbocycles. The molecule has 3 aliphatic heterocycles. The van der Waals surface area contributed by atoms with Gasteiger partial charge in [0.2, 0.25) is 14.2 Å². The van der Waals surface area contributed by atoms with Crippen molar-refractivity contribution in [3.05, 3.63) is 148 Å². The summed E-state index contributed by atoms with van der Waals surface area (Å²) in [5.41, 5.74) is 8.42. The van der Waals surface area contributed by atoms with Crippen molar-refractivity contribution in [2.24, 2.45) is 7.05 Å². The zero-order valence-corrected chi connectivity index (χ0v) is 44.3. The van der Waals surface area contributed by atoms with Crippen molar-refractivity contribution in [3.8, 4) is 22.8 Å². The van der Waals surface area contributed by atoms with Gasteiger partial charge in [-0.3, -0.25) is 24.2 Å². The number of hydrogen-bond donors (Lipinski definition) is 0. The van der Waals surface area contributed by atoms with Crippen molar-refractivity contribution < 1.29 is 37.1 Å². The molecule has 1 unspecified atom stereocenters. The Kier molecular flexibility index (Phi) is 14.8. The van der Waals surface area contributed by atoms with Crippen LogP contribution in [0.5, 0.6) is 11.5 Å². The Morgan fingerprint density at radius 2 is 1.55 bits per heavy atom. The van der Waals surface area contributed by atoms with E-state index < -0.39 is 20.8 Å². The van der Waals surface area contributed by atoms with E-state index >= 15 is 9.59 Å². The fourth-order valence-corrected chi connectivity index (χ4v) is 10.8. The fraction of sp³-hybridized carbons (Fsp3) is 0.404. The number of halogens is 2. The van der Waals surface area contributed by atoms with E-state index in [9.17, 15) is 13.6 Å². The first-order valence-electron chi connectivity index (χ1n) is 25.3. The normalized spacial score (nSPS) is 16.3. The number of carbonyl (C=O) groups excluding carboxylic acids is 3. The molecule has 0 N–H and O–H groups in total. The van der Waals surface area contributed by atoms with Gasteiger partial charge in [0.15, 0.2) is 0 Å². The van der Waals surface area contributed by atoms with Crippen LogP contribution in [0.1, 0.15) is 88.5 Å². The maximum absolute atomic E-state index is 15.2. The van der Waals surface area contributed by atoms with Crippen molar-refractivity contribution in [3.63, 3.8) is 0 Å². The molecule has 0 bridgehead atoms. The highest BCUT2D eigenvalue weighted by Gasteiger charge is 2.39. The van der Waals surface area contributed by atoms with Crippen molar-refractivity contribution in [1.29, 1.82) is 0 Å². The number of hydrogen-bond acceptors (Lipinski definition) is 8. The molecule has 6 aromatic rings. The molecular weight excluding hydrogens is 945 g/mol. The molecule has 2 aromatic heterocycles. The van der Waals surface area contributed by atoms with E-state index in [-0.39, 0.29) is 35.0 Å². The van der Waals surface area contributed by atoms with E-state index in [1.54, 1.807) is 30.3 Å². The summed E-state index contributed by atoms with van der Waals surface area (Å²) in [6.07, 6.45) is 3.92. The second-order valence-electron chi connectivity index (χ2n) is 21.2. The van der Waals surface area contributed by atoms with Gasteiger partial charge < -0.3 is 28.3 Å². The Bertz CT molecular complexity index is 2980. The van der Waals surface area contributed by atoms with Crippen molar-refractivity contribution in [2.75, 3.05) is 50.9 Å². The number of morpholine rings is 1. The number of rotatable bonds is 14. The van der Waals surface area contributed by atoms with Crippen LogP contribution in [0.25, 0.3) is 11.3 Å². The van der Waals surface area contributed by atoms with E-state index in [2.05, 4.69) is 69.0 Å². The minimum atomic E-state index is -2.91. The first-order valence-corrected chi connectivity index (χ1v) is 28.2. The summed E-state index contributed by atoms with van der Waals surface area (Å²) in [5, 5.41) is 3.85. The average Bonchev–Trinajstić information content (AvgIpc) is 3.98. The lowest BCUT2D eigenvalue weighted by Gasteiger charge is -2.36. The highest BCUT2D eigenvalue weighted by Crippen LogP contribution is 2.40. The van der Waals surface area contributed by atoms with Gasteiger partial charge in [-0.1, -0.05) is 57.2 Å². The molecule has 0 radical (unpaired) electrons. The number of anilines is 2. The van der Waals surface area contributed by atoms with Gasteiger partial charge in [-0.15, -0.1) is 0 Å². The summed E-state index contributed by atoms with van der Waals surface area (Å²) >= 11 is 0. The Morgan fingerprint density at radius 1 is 0.849 bits per heavy atom. The highest BCUT2D eigenvalue weighted by atomic mass is 28.4. The summed E-state index contributed by atoms with van der Waals surface area (Å²) in [6, 6.07) is 28.7. The van der Waals surface area contributed by atoms with Gasteiger partial charge in [-0.2, -0.15) is 13.9 Å². The number of benzene rings is 4. The molecule has 16 heteroatoms. The average molecular weight is 1010 g/mol. The topological polar surface area (TPSA) is 115 Å². The predicted octanol–water partition coefficient (Wildman–Crippen LogP) is 10.4. The standard InChI is InChI=1S/C57H67F2N7O6Si/c1-38-29-41-11-9-10-12-43(41)36-64(38)54(68)51-32-44-35-63(53(67)30-40-13-17-47(18-14-40)71-28-25-62-23-26-70-27-24-62)22-21-42(44)31-50(51)52-33-49(39(2)61(52)6)55(69)66(46-34-60-65(37-46)56(58)59)45-15-19-48(20-16-45)72-73(7,8)57(3,4)5/h9-20,31-34,37-38,56H,21-30,35-36H2,1-8H3. The molecule has 1 saturated heterocycles. The first kappa shape index (κ1) is 51.3. The van der Waals surface area contributed by atoms with Gasteiger partial charge in [0.25, 0.3) is 11.8 Å². The number of alkyl halides is 2. The van der Waals surface area contributed by atoms with Crippen LogP contribution in [0, 0.1) is 6.92 Å². The van der Waals surface area contributed by atoms with Crippen molar-refractivity contribution in [1.82, 2.24) is 29.0 Å². The van der Waals surface area contributed by atoms with Gasteiger partial charge in [-0.25, -0.2) is 4.68 Å². The van der Waals surface area contributed by atoms with Gasteiger partial charge in [0.05, 0.1) is 43.3 Å². The lowest BCUT2D eigenvalue weighted by molar-refractivity contribution is -0.131. The van der Waals surface area contributed by atoms with Crippen LogP contribution in [-0.2, 0) is 48.9 Å². The molecule has 73 heavy (non-hydrogen) atoms. The van der Waals surface area contributed by atoms with Gasteiger partial charge in [0.1, 0.15) is 18.1 Å². The lowest BCUT2D eigenvalue weighted by atomic mass is 9.89. The molecule has 1 atom stereocenters. The van der Waals surface area contributed by atoms with Gasteiger partial charge in [0, 0.05) is 80.6 Å². The monoisotopic (exact) mass is 1010 g/mol. The molecule has 3 amide bonds. The van der Waals surface area contributed by atoms with E-state index in [4.69, 9.17) is 13.9 Å². The largest absolute Gasteiger partial charge is 0.544 e. The third kappa shape index (κ3) is 11.0. The summed E-state index contributed by atoms with van der Waals surface area (Å²) in [5.74, 6) is 0.797. The van der Waals surface area contributed by atoms with Crippen LogP contribution < -0.4 is 14.1 Å². The molecule has 1 fully saturated rings. The maximum atomic E-state index is 15.2. The van der Waals surface area contributed by atoms with Crippen LogP contribution in [0.2, 0.25) is 18.1 Å². The molecule has 5 heterocycles. The van der Waals surface area contributed by atoms with Crippen LogP contribution in [0.3, 0.4) is 0 Å². The molecule has 13 nitrogen and oxygen atoms in total. The summed E-state index contributed by atoms with van der Waals surface area (Å²) in [4.78, 5) is 51.9. The molecule has 3 aliphatic rings. The van der Waals surface area contributed by atoms with Gasteiger partial charge in [-0.05, 0) is 127 Å². The van der Waals surface area contributed by atoms with Crippen LogP contribution >= 0.6 is 0 Å². The van der Waals surface area contributed by atoms with Gasteiger partial charge >= 0.3 is 6.55 Å². The van der Waals surface area contributed by atoms with E-state index in [0.29, 0.717) is 83.3 Å². The molecule has 0 aliphatic carbocycles. The molecular formula is C57H67F2N7O6Si. The Balaban J connectivity index is 1.02. The van der Waals surface area contributed by atoms with Crippen LogP contribution in [0.4, 0.5) is 20.2 Å². The van der Waals surface area contributed by atoms with E-state index in [1.807, 2.05) is 70.8 Å². The number of ether oxygens (including phenoxy) is 2. The number of carbonyl (C=O) groups is 3. The number of nitrogens with zero attached hydrogens (tertiary/aromatic N) is 7. The third-order valence-electron chi connectivity index (χ3n) is 15.3. The second-order valence-corrected chi connectivity index (χ2v) is 25.9. The summed E-state index contributed by atoms with van der Waals surface area (Å²) < 4.78 is 48.4. The Morgan fingerprint density at radius 3 is 2.23 bits per heavy atom. The van der Waals surface area contributed by atoms with Crippen LogP contribution in [0.15, 0.2) is 103 Å². The third-order valence-corrected chi connectivity index (χ3v) is 19.7. The number of fused-ring (bicyclic) bond motifs is 2. The summed E-state index contributed by atoms with van der Waals surface area (Å²) in [6.45, 7) is 17.8. The van der Waals surface area contributed by atoms with Crippen molar-refractivity contribution in [2.45, 2.75) is 97.7 Å². The Hall–Kier alpha value is -6.62.